The number of fused-ring (bicyclic) bond motifs is 1. The molecule has 0 spiro atoms. The van der Waals surface area contributed by atoms with Crippen LogP contribution in [0.4, 0.5) is 4.79 Å². The Morgan fingerprint density at radius 2 is 1.60 bits per heavy atom. The van der Waals surface area contributed by atoms with E-state index in [1.165, 1.54) is 4.90 Å². The Kier molecular flexibility index (Phi) is 10.2. The number of esters is 1. The maximum absolute atomic E-state index is 14.3. The van der Waals surface area contributed by atoms with Crippen LogP contribution in [0.2, 0.25) is 0 Å². The van der Waals surface area contributed by atoms with Gasteiger partial charge >= 0.3 is 12.0 Å². The number of carbonyl (C=O) groups excluding carboxylic acids is 6. The van der Waals surface area contributed by atoms with Gasteiger partial charge in [0.05, 0.1) is 6.04 Å². The lowest BCUT2D eigenvalue weighted by molar-refractivity contribution is -0.149. The summed E-state index contributed by atoms with van der Waals surface area (Å²) in [5, 5.41) is 8.41. The highest BCUT2D eigenvalue weighted by Crippen LogP contribution is 2.65. The van der Waals surface area contributed by atoms with Crippen molar-refractivity contribution in [2.24, 2.45) is 40.2 Å². The minimum atomic E-state index is -1.10. The van der Waals surface area contributed by atoms with Crippen LogP contribution < -0.4 is 21.7 Å². The highest BCUT2D eigenvalue weighted by Gasteiger charge is 2.70. The average molecular weight is 666 g/mol. The van der Waals surface area contributed by atoms with E-state index < -0.39 is 65.1 Å². The Morgan fingerprint density at radius 1 is 0.958 bits per heavy atom. The molecule has 0 aromatic heterocycles. The second-order valence-electron chi connectivity index (χ2n) is 15.9. The molecule has 1 unspecified atom stereocenters. The lowest BCUT2D eigenvalue weighted by Gasteiger charge is -2.38. The fourth-order valence-electron chi connectivity index (χ4n) is 7.62. The molecule has 6 atom stereocenters. The number of primary amides is 1. The number of carbonyl (C=O) groups is 6. The number of hydrogen-bond acceptors (Lipinski definition) is 7. The van der Waals surface area contributed by atoms with Crippen LogP contribution in [0.5, 0.6) is 0 Å². The quantitative estimate of drug-likeness (QED) is 0.185. The molecule has 1 saturated heterocycles. The third-order valence-electron chi connectivity index (χ3n) is 11.2. The third kappa shape index (κ3) is 7.52. The lowest BCUT2D eigenvalue weighted by Crippen LogP contribution is -2.62. The summed E-state index contributed by atoms with van der Waals surface area (Å²) in [4.78, 5) is 81.0. The summed E-state index contributed by atoms with van der Waals surface area (Å²) in [5.41, 5.74) is 5.21. The van der Waals surface area contributed by atoms with Crippen LogP contribution in [0.25, 0.3) is 0 Å². The molecule has 12 nitrogen and oxygen atoms in total. The molecule has 4 aliphatic rings. The number of nitrogens with two attached hydrogens (primary N) is 1. The maximum atomic E-state index is 14.3. The van der Waals surface area contributed by atoms with E-state index in [0.717, 1.165) is 44.1 Å². The second kappa shape index (κ2) is 13.9. The Labute approximate surface area is 282 Å². The number of rotatable bonds is 13. The van der Waals surface area contributed by atoms with Gasteiger partial charge in [-0.2, -0.15) is 0 Å². The topological polar surface area (TPSA) is 177 Å². The predicted molar refractivity (Wildman–Crippen MR) is 177 cm³/mol. The zero-order valence-electron chi connectivity index (χ0n) is 28.8. The van der Waals surface area contributed by atoms with Crippen molar-refractivity contribution in [1.29, 1.82) is 0 Å². The standard InChI is InChI=1S/C36H51N5O7/c1-35(2,3)29(40-34(47)39-26(22-15-10-16-22)33(46)48-19-21-11-7-6-8-12-21)32(45)41-18-23-25(36(23,4)5)27(41)31(44)38-24(28(42)30(37)43)17-20-13-9-14-20/h6-8,11-12,20,22-27,29H,9-10,13-19H2,1-5H3,(H2,37,43)(H,38,44)(H2,39,40,47)/t23-,24?,25-,26-,27-,29+/m0/s1. The lowest BCUT2D eigenvalue weighted by atomic mass is 9.79. The molecule has 3 saturated carbocycles. The summed E-state index contributed by atoms with van der Waals surface area (Å²) in [6.45, 7) is 9.97. The number of nitrogens with one attached hydrogen (secondary N) is 3. The van der Waals surface area contributed by atoms with E-state index in [-0.39, 0.29) is 35.7 Å². The van der Waals surface area contributed by atoms with Gasteiger partial charge in [0.15, 0.2) is 0 Å². The molecule has 5 N–H and O–H groups in total. The monoisotopic (exact) mass is 665 g/mol. The van der Waals surface area contributed by atoms with E-state index in [1.54, 1.807) is 0 Å². The number of benzene rings is 1. The Bertz CT molecular complexity index is 1420. The molecular weight excluding hydrogens is 614 g/mol. The van der Waals surface area contributed by atoms with Crippen molar-refractivity contribution in [2.45, 2.75) is 110 Å². The molecule has 5 amide bonds. The van der Waals surface area contributed by atoms with Crippen LogP contribution in [0.15, 0.2) is 30.3 Å². The second-order valence-corrected chi connectivity index (χ2v) is 15.9. The summed E-state index contributed by atoms with van der Waals surface area (Å²) in [6, 6.07) is 4.79. The first-order chi connectivity index (χ1) is 22.6. The van der Waals surface area contributed by atoms with Crippen molar-refractivity contribution >= 4 is 35.5 Å². The van der Waals surface area contributed by atoms with Crippen LogP contribution in [0.3, 0.4) is 0 Å². The fourth-order valence-corrected chi connectivity index (χ4v) is 7.62. The van der Waals surface area contributed by atoms with Crippen molar-refractivity contribution in [3.63, 3.8) is 0 Å². The van der Waals surface area contributed by atoms with E-state index in [9.17, 15) is 28.8 Å². The van der Waals surface area contributed by atoms with Crippen LogP contribution in [-0.2, 0) is 35.3 Å². The van der Waals surface area contributed by atoms with Crippen LogP contribution >= 0.6 is 0 Å². The smallest absolute Gasteiger partial charge is 0.329 e. The molecule has 0 radical (unpaired) electrons. The first-order valence-corrected chi connectivity index (χ1v) is 17.3. The summed E-state index contributed by atoms with van der Waals surface area (Å²) >= 11 is 0. The van der Waals surface area contributed by atoms with E-state index in [4.69, 9.17) is 10.5 Å². The number of Topliss-reactive ketones (excluding diaryl/α,β-unsaturated/α-hetero) is 1. The fraction of sp³-hybridized carbons (Fsp3) is 0.667. The number of amides is 5. The molecule has 3 aliphatic carbocycles. The van der Waals surface area contributed by atoms with Gasteiger partial charge in [-0.3, -0.25) is 19.2 Å². The van der Waals surface area contributed by atoms with Crippen molar-refractivity contribution in [1.82, 2.24) is 20.9 Å². The number of likely N-dealkylation sites (tertiary alicyclic amines) is 1. The SMILES string of the molecule is CC(C)(C)[C@H](NC(=O)N[C@H](C(=O)OCc1ccccc1)C1CCC1)C(=O)N1C[C@H]2[C@@H]([C@H]1C(=O)NC(CC1CCC1)C(=O)C(N)=O)C2(C)C. The number of ketones is 1. The molecule has 1 aromatic rings. The zero-order chi connectivity index (χ0) is 35.0. The summed E-state index contributed by atoms with van der Waals surface area (Å²) in [7, 11) is 0. The minimum absolute atomic E-state index is 0.0611. The van der Waals surface area contributed by atoms with Gasteiger partial charge < -0.3 is 31.3 Å². The van der Waals surface area contributed by atoms with Gasteiger partial charge in [-0.05, 0) is 59.3 Å². The molecule has 1 heterocycles. The van der Waals surface area contributed by atoms with Gasteiger partial charge in [-0.25, -0.2) is 9.59 Å². The van der Waals surface area contributed by atoms with Gasteiger partial charge in [-0.15, -0.1) is 0 Å². The molecule has 4 fully saturated rings. The molecule has 1 aromatic carbocycles. The molecule has 5 rings (SSSR count). The predicted octanol–water partition coefficient (Wildman–Crippen LogP) is 2.82. The number of nitrogens with zero attached hydrogens (tertiary/aromatic N) is 1. The summed E-state index contributed by atoms with van der Waals surface area (Å²) in [6.07, 6.45) is 5.68. The van der Waals surface area contributed by atoms with Crippen LogP contribution in [0.1, 0.15) is 85.1 Å². The van der Waals surface area contributed by atoms with Gasteiger partial charge in [0, 0.05) is 6.54 Å². The molecular formula is C36H51N5O7. The van der Waals surface area contributed by atoms with E-state index in [2.05, 4.69) is 29.8 Å². The highest BCUT2D eigenvalue weighted by molar-refractivity contribution is 6.37. The molecule has 262 valence electrons. The highest BCUT2D eigenvalue weighted by atomic mass is 16.5. The molecule has 48 heavy (non-hydrogen) atoms. The Balaban J connectivity index is 1.29. The van der Waals surface area contributed by atoms with Crippen LogP contribution in [0, 0.1) is 34.5 Å². The largest absolute Gasteiger partial charge is 0.459 e. The molecule has 1 aliphatic heterocycles. The van der Waals surface area contributed by atoms with E-state index in [0.29, 0.717) is 13.0 Å². The average Bonchev–Trinajstić information content (AvgIpc) is 3.29. The number of piperidine rings is 1. The van der Waals surface area contributed by atoms with Gasteiger partial charge in [0.1, 0.15) is 24.7 Å². The van der Waals surface area contributed by atoms with Crippen molar-refractivity contribution < 1.29 is 33.5 Å². The van der Waals surface area contributed by atoms with Gasteiger partial charge in [-0.1, -0.05) is 90.6 Å². The number of ether oxygens (including phenoxy) is 1. The summed E-state index contributed by atoms with van der Waals surface area (Å²) in [5.74, 6) is -3.33. The van der Waals surface area contributed by atoms with Crippen molar-refractivity contribution in [2.75, 3.05) is 6.54 Å². The Hall–Kier alpha value is -3.96. The van der Waals surface area contributed by atoms with Crippen molar-refractivity contribution in [3.8, 4) is 0 Å². The third-order valence-corrected chi connectivity index (χ3v) is 11.2. The van der Waals surface area contributed by atoms with Gasteiger partial charge in [0.25, 0.3) is 5.91 Å². The first kappa shape index (κ1) is 35.3. The number of hydrogen-bond donors (Lipinski definition) is 4. The van der Waals surface area contributed by atoms with Crippen LogP contribution in [-0.4, -0.2) is 71.1 Å². The maximum Gasteiger partial charge on any atom is 0.329 e. The minimum Gasteiger partial charge on any atom is -0.459 e. The van der Waals surface area contributed by atoms with E-state index in [1.807, 2.05) is 51.1 Å². The molecule has 12 heteroatoms. The number of urea groups is 1. The summed E-state index contributed by atoms with van der Waals surface area (Å²) < 4.78 is 5.57. The first-order valence-electron chi connectivity index (χ1n) is 17.3. The van der Waals surface area contributed by atoms with Gasteiger partial charge in [0.2, 0.25) is 17.6 Å². The molecule has 0 bridgehead atoms. The normalized spacial score (nSPS) is 24.9. The zero-order valence-corrected chi connectivity index (χ0v) is 28.8. The van der Waals surface area contributed by atoms with Crippen molar-refractivity contribution in [3.05, 3.63) is 35.9 Å². The van der Waals surface area contributed by atoms with E-state index >= 15 is 0 Å². The Morgan fingerprint density at radius 3 is 2.15 bits per heavy atom.